The lowest BCUT2D eigenvalue weighted by molar-refractivity contribution is 0.414. The van der Waals surface area contributed by atoms with Crippen LogP contribution in [0.15, 0.2) is 60.9 Å². The van der Waals surface area contributed by atoms with Crippen LogP contribution in [0.25, 0.3) is 0 Å². The van der Waals surface area contributed by atoms with Gasteiger partial charge in [-0.05, 0) is 62.2 Å². The second kappa shape index (κ2) is 10.3. The Bertz CT molecular complexity index is 877. The second-order valence-corrected chi connectivity index (χ2v) is 6.66. The van der Waals surface area contributed by atoms with Crippen LogP contribution in [-0.4, -0.2) is 36.7 Å². The number of anilines is 4. The fraction of sp³-hybridized carbons (Fsp3) is 0.304. The topological polar surface area (TPSA) is 62.3 Å². The first kappa shape index (κ1) is 20.5. The molecule has 1 heterocycles. The minimum absolute atomic E-state index is 0.766. The predicted octanol–water partition coefficient (Wildman–Crippen LogP) is 4.73. The molecule has 152 valence electrons. The Labute approximate surface area is 173 Å². The summed E-state index contributed by atoms with van der Waals surface area (Å²) in [6.45, 7) is 7.13. The number of aromatic nitrogens is 2. The van der Waals surface area contributed by atoms with E-state index in [1.807, 2.05) is 18.2 Å². The largest absolute Gasteiger partial charge is 0.497 e. The number of rotatable bonds is 10. The molecule has 0 saturated carbocycles. The number of hydrogen-bond donors (Lipinski definition) is 2. The first-order valence-corrected chi connectivity index (χ1v) is 10.0. The molecule has 2 aromatic carbocycles. The molecule has 0 aliphatic carbocycles. The molecule has 0 bridgehead atoms. The van der Waals surface area contributed by atoms with Crippen LogP contribution in [0.1, 0.15) is 19.4 Å². The van der Waals surface area contributed by atoms with Crippen LogP contribution in [0.5, 0.6) is 5.75 Å². The average Bonchev–Trinajstić information content (AvgIpc) is 2.76. The highest BCUT2D eigenvalue weighted by Gasteiger charge is 2.03. The standard InChI is InChI=1S/C23H29N5O/c1-4-28(5-2)20-10-8-19(9-11-20)27-23-16-22(25-17-26-23)24-15-14-18-6-12-21(29-3)13-7-18/h6-13,16-17H,4-5,14-15H2,1-3H3,(H2,24,25,26,27). The molecule has 0 aliphatic heterocycles. The third kappa shape index (κ3) is 5.85. The van der Waals surface area contributed by atoms with Crippen molar-refractivity contribution in [3.63, 3.8) is 0 Å². The maximum Gasteiger partial charge on any atom is 0.135 e. The van der Waals surface area contributed by atoms with E-state index in [0.717, 1.165) is 49.1 Å². The fourth-order valence-corrected chi connectivity index (χ4v) is 3.14. The number of methoxy groups -OCH3 is 1. The van der Waals surface area contributed by atoms with Crippen molar-refractivity contribution < 1.29 is 4.74 Å². The van der Waals surface area contributed by atoms with Crippen molar-refractivity contribution in [3.05, 3.63) is 66.5 Å². The Morgan fingerprint density at radius 1 is 0.897 bits per heavy atom. The summed E-state index contributed by atoms with van der Waals surface area (Å²) >= 11 is 0. The molecular formula is C23H29N5O. The lowest BCUT2D eigenvalue weighted by Crippen LogP contribution is -2.21. The Kier molecular flexibility index (Phi) is 7.28. The molecule has 0 amide bonds. The van der Waals surface area contributed by atoms with Crippen LogP contribution < -0.4 is 20.3 Å². The highest BCUT2D eigenvalue weighted by molar-refractivity contribution is 5.62. The molecule has 0 spiro atoms. The molecule has 1 aromatic heterocycles. The van der Waals surface area contributed by atoms with Crippen LogP contribution in [0.3, 0.4) is 0 Å². The monoisotopic (exact) mass is 391 g/mol. The van der Waals surface area contributed by atoms with Crippen molar-refractivity contribution in [1.29, 1.82) is 0 Å². The van der Waals surface area contributed by atoms with E-state index in [-0.39, 0.29) is 0 Å². The molecule has 6 nitrogen and oxygen atoms in total. The van der Waals surface area contributed by atoms with Gasteiger partial charge in [0.15, 0.2) is 0 Å². The molecule has 0 saturated heterocycles. The van der Waals surface area contributed by atoms with Crippen molar-refractivity contribution in [2.45, 2.75) is 20.3 Å². The molecule has 0 fully saturated rings. The van der Waals surface area contributed by atoms with Gasteiger partial charge in [-0.2, -0.15) is 0 Å². The van der Waals surface area contributed by atoms with Gasteiger partial charge in [0.25, 0.3) is 0 Å². The third-order valence-electron chi connectivity index (χ3n) is 4.81. The van der Waals surface area contributed by atoms with E-state index < -0.39 is 0 Å². The van der Waals surface area contributed by atoms with Crippen molar-refractivity contribution in [1.82, 2.24) is 9.97 Å². The lowest BCUT2D eigenvalue weighted by Gasteiger charge is -2.21. The fourth-order valence-electron chi connectivity index (χ4n) is 3.14. The molecule has 3 rings (SSSR count). The zero-order valence-corrected chi connectivity index (χ0v) is 17.4. The van der Waals surface area contributed by atoms with Crippen molar-refractivity contribution in [2.24, 2.45) is 0 Å². The first-order chi connectivity index (χ1) is 14.2. The summed E-state index contributed by atoms with van der Waals surface area (Å²) in [6, 6.07) is 18.5. The van der Waals surface area contributed by atoms with Gasteiger partial charge < -0.3 is 20.3 Å². The summed E-state index contributed by atoms with van der Waals surface area (Å²) in [5.41, 5.74) is 3.48. The van der Waals surface area contributed by atoms with Crippen LogP contribution in [0.4, 0.5) is 23.0 Å². The maximum absolute atomic E-state index is 5.19. The van der Waals surface area contributed by atoms with Crippen LogP contribution in [0.2, 0.25) is 0 Å². The summed E-state index contributed by atoms with van der Waals surface area (Å²) in [6.07, 6.45) is 2.48. The third-order valence-corrected chi connectivity index (χ3v) is 4.81. The highest BCUT2D eigenvalue weighted by Crippen LogP contribution is 2.21. The van der Waals surface area contributed by atoms with E-state index in [2.05, 4.69) is 75.7 Å². The summed E-state index contributed by atoms with van der Waals surface area (Å²) in [7, 11) is 1.68. The maximum atomic E-state index is 5.19. The molecular weight excluding hydrogens is 362 g/mol. The normalized spacial score (nSPS) is 10.4. The van der Waals surface area contributed by atoms with Crippen LogP contribution in [0, 0.1) is 0 Å². The van der Waals surface area contributed by atoms with Crippen LogP contribution in [-0.2, 0) is 6.42 Å². The zero-order chi connectivity index (χ0) is 20.5. The Hall–Kier alpha value is -3.28. The number of ether oxygens (including phenoxy) is 1. The van der Waals surface area contributed by atoms with E-state index in [1.54, 1.807) is 13.4 Å². The van der Waals surface area contributed by atoms with Gasteiger partial charge in [-0.3, -0.25) is 0 Å². The summed E-state index contributed by atoms with van der Waals surface area (Å²) in [4.78, 5) is 11.0. The summed E-state index contributed by atoms with van der Waals surface area (Å²) < 4.78 is 5.19. The quantitative estimate of drug-likeness (QED) is 0.521. The Morgan fingerprint density at radius 2 is 1.59 bits per heavy atom. The van der Waals surface area contributed by atoms with Crippen molar-refractivity contribution in [3.8, 4) is 5.75 Å². The second-order valence-electron chi connectivity index (χ2n) is 6.66. The minimum Gasteiger partial charge on any atom is -0.497 e. The number of benzene rings is 2. The molecule has 0 radical (unpaired) electrons. The van der Waals surface area contributed by atoms with Crippen molar-refractivity contribution >= 4 is 23.0 Å². The van der Waals surface area contributed by atoms with Gasteiger partial charge >= 0.3 is 0 Å². The van der Waals surface area contributed by atoms with E-state index in [9.17, 15) is 0 Å². The SMILES string of the molecule is CCN(CC)c1ccc(Nc2cc(NCCc3ccc(OC)cc3)ncn2)cc1. The first-order valence-electron chi connectivity index (χ1n) is 10.0. The zero-order valence-electron chi connectivity index (χ0n) is 17.4. The van der Waals surface area contributed by atoms with Gasteiger partial charge in [-0.1, -0.05) is 12.1 Å². The van der Waals surface area contributed by atoms with Crippen LogP contribution >= 0.6 is 0 Å². The molecule has 2 N–H and O–H groups in total. The summed E-state index contributed by atoms with van der Waals surface area (Å²) in [5, 5.41) is 6.70. The molecule has 29 heavy (non-hydrogen) atoms. The highest BCUT2D eigenvalue weighted by atomic mass is 16.5. The van der Waals surface area contributed by atoms with Crippen molar-refractivity contribution in [2.75, 3.05) is 42.3 Å². The van der Waals surface area contributed by atoms with Gasteiger partial charge in [-0.15, -0.1) is 0 Å². The number of nitrogens with one attached hydrogen (secondary N) is 2. The van der Waals surface area contributed by atoms with E-state index in [4.69, 9.17) is 4.74 Å². The number of nitrogens with zero attached hydrogens (tertiary/aromatic N) is 3. The molecule has 0 unspecified atom stereocenters. The van der Waals surface area contributed by atoms with Gasteiger partial charge in [-0.25, -0.2) is 9.97 Å². The average molecular weight is 392 g/mol. The van der Waals surface area contributed by atoms with Gasteiger partial charge in [0.1, 0.15) is 23.7 Å². The van der Waals surface area contributed by atoms with E-state index in [0.29, 0.717) is 0 Å². The van der Waals surface area contributed by atoms with E-state index in [1.165, 1.54) is 11.3 Å². The van der Waals surface area contributed by atoms with Gasteiger partial charge in [0, 0.05) is 37.1 Å². The summed E-state index contributed by atoms with van der Waals surface area (Å²) in [5.74, 6) is 2.44. The lowest BCUT2D eigenvalue weighted by atomic mass is 10.1. The molecule has 0 aliphatic rings. The Morgan fingerprint density at radius 3 is 2.24 bits per heavy atom. The van der Waals surface area contributed by atoms with Gasteiger partial charge in [0.2, 0.25) is 0 Å². The molecule has 3 aromatic rings. The van der Waals surface area contributed by atoms with E-state index >= 15 is 0 Å². The number of hydrogen-bond acceptors (Lipinski definition) is 6. The smallest absolute Gasteiger partial charge is 0.135 e. The Balaban J connectivity index is 1.54. The molecule has 6 heteroatoms. The van der Waals surface area contributed by atoms with Gasteiger partial charge in [0.05, 0.1) is 7.11 Å². The molecule has 0 atom stereocenters. The predicted molar refractivity (Wildman–Crippen MR) is 121 cm³/mol. The minimum atomic E-state index is 0.766.